The lowest BCUT2D eigenvalue weighted by molar-refractivity contribution is -0.131. The number of aromatic hydroxyl groups is 1. The van der Waals surface area contributed by atoms with Crippen LogP contribution in [0.1, 0.15) is 77.7 Å². The Hall–Kier alpha value is -7.81. The number of aliphatic imine (C=N–C) groups is 1. The van der Waals surface area contributed by atoms with Gasteiger partial charge in [0.25, 0.3) is 35.4 Å². The zero-order valence-electron chi connectivity index (χ0n) is 40.1. The van der Waals surface area contributed by atoms with Crippen molar-refractivity contribution in [3.8, 4) is 5.75 Å². The first-order valence-corrected chi connectivity index (χ1v) is 23.7. The number of nitrogens with zero attached hydrogens (tertiary/aromatic N) is 8. The van der Waals surface area contributed by atoms with Crippen LogP contribution in [0.5, 0.6) is 5.75 Å². The minimum atomic E-state index is -0.654. The van der Waals surface area contributed by atoms with E-state index in [2.05, 4.69) is 11.9 Å². The first-order chi connectivity index (χ1) is 33.3. The first-order valence-electron chi connectivity index (χ1n) is 23.7. The molecule has 0 saturated carbocycles. The molecule has 0 bridgehead atoms. The van der Waals surface area contributed by atoms with Crippen molar-refractivity contribution in [2.75, 3.05) is 39.1 Å². The van der Waals surface area contributed by atoms with Gasteiger partial charge in [-0.25, -0.2) is 30.0 Å². The molecule has 15 heteroatoms. The maximum absolute atomic E-state index is 12.9. The van der Waals surface area contributed by atoms with Crippen LogP contribution in [0.15, 0.2) is 138 Å². The Bertz CT molecular complexity index is 2620. The lowest BCUT2D eigenvalue weighted by Gasteiger charge is -2.35. The fourth-order valence-electron chi connectivity index (χ4n) is 8.67. The number of carbonyl (C=O) groups is 6. The summed E-state index contributed by atoms with van der Waals surface area (Å²) >= 11 is 0. The fraction of sp³-hybridized carbons (Fsp3) is 0.315. The standard InChI is InChI=1S/C19H20N2O3.C19H20N2O2.C16H20N4O2/c1-2-3-9-17-18(23)20(14-7-5-4-6-8-14)21(19(17)24)15-10-12-16(22)13-11-15;1-2-3-14-17-18(22)20(15-10-6-4-7-11-15)21(19(17)23)16-12-8-5-9-13-16;1-5-6-11-14(21)19-13-9-10(2)7-8-12(13)17-16(18(3)4)20(19)15(11)22/h4-8,10-13,17,22H,2-3,9H2,1H3;4-13,17H,2-3,14H2,1H3;7-9,11H,5-6H2,1-4H3. The maximum Gasteiger partial charge on any atom is 0.261 e. The Morgan fingerprint density at radius 2 is 0.841 bits per heavy atom. The molecule has 5 aromatic carbocycles. The SMILES string of the molecule is CCCC1C(=O)N2C(N(C)C)=Nc3ccc(C)cc3N2C1=O.CCCCC1C(=O)N(c2ccccc2)N(c2ccc(O)cc2)C1=O.CCCCC1C(=O)N(c2ccccc2)N(c2ccccc2)C1=O. The molecule has 358 valence electrons. The van der Waals surface area contributed by atoms with Gasteiger partial charge in [0.2, 0.25) is 5.96 Å². The van der Waals surface area contributed by atoms with Crippen molar-refractivity contribution in [2.24, 2.45) is 22.7 Å². The summed E-state index contributed by atoms with van der Waals surface area (Å²) < 4.78 is 0. The number of hydrogen-bond donors (Lipinski definition) is 1. The number of phenolic OH excluding ortho intramolecular Hbond substituents is 1. The average molecular weight is 933 g/mol. The largest absolute Gasteiger partial charge is 0.508 e. The maximum atomic E-state index is 12.9. The summed E-state index contributed by atoms with van der Waals surface area (Å²) in [6, 6.07) is 39.9. The predicted octanol–water partition coefficient (Wildman–Crippen LogP) is 9.35. The Morgan fingerprint density at radius 3 is 1.23 bits per heavy atom. The van der Waals surface area contributed by atoms with Crippen LogP contribution in [0.2, 0.25) is 0 Å². The van der Waals surface area contributed by atoms with Gasteiger partial charge in [-0.15, -0.1) is 0 Å². The van der Waals surface area contributed by atoms with E-state index in [4.69, 9.17) is 0 Å². The van der Waals surface area contributed by atoms with Gasteiger partial charge in [-0.2, -0.15) is 5.01 Å². The normalized spacial score (nSPS) is 17.7. The van der Waals surface area contributed by atoms with E-state index in [1.54, 1.807) is 29.2 Å². The monoisotopic (exact) mass is 932 g/mol. The van der Waals surface area contributed by atoms with Crippen molar-refractivity contribution in [3.63, 3.8) is 0 Å². The van der Waals surface area contributed by atoms with E-state index in [1.165, 1.54) is 42.2 Å². The van der Waals surface area contributed by atoms with Crippen LogP contribution in [0.4, 0.5) is 34.1 Å². The van der Waals surface area contributed by atoms with E-state index in [1.807, 2.05) is 132 Å². The average Bonchev–Trinajstić information content (AvgIpc) is 3.88. The summed E-state index contributed by atoms with van der Waals surface area (Å²) in [5, 5.41) is 18.3. The van der Waals surface area contributed by atoms with Crippen molar-refractivity contribution < 1.29 is 33.9 Å². The van der Waals surface area contributed by atoms with Crippen molar-refractivity contribution in [3.05, 3.63) is 139 Å². The van der Waals surface area contributed by atoms with E-state index >= 15 is 0 Å². The number of benzene rings is 5. The molecule has 69 heavy (non-hydrogen) atoms. The molecule has 0 aromatic heterocycles. The molecule has 4 aliphatic rings. The van der Waals surface area contributed by atoms with E-state index in [9.17, 15) is 33.9 Å². The summed E-state index contributed by atoms with van der Waals surface area (Å²) in [7, 11) is 3.64. The van der Waals surface area contributed by atoms with Crippen LogP contribution in [0.3, 0.4) is 0 Å². The number of hydrazine groups is 3. The van der Waals surface area contributed by atoms with E-state index in [0.29, 0.717) is 59.3 Å². The number of phenols is 1. The highest BCUT2D eigenvalue weighted by atomic mass is 16.3. The molecule has 0 spiro atoms. The topological polar surface area (TPSA) is 158 Å². The van der Waals surface area contributed by atoms with E-state index in [0.717, 1.165) is 37.7 Å². The van der Waals surface area contributed by atoms with Gasteiger partial charge in [-0.05, 0) is 105 Å². The molecule has 3 fully saturated rings. The predicted molar refractivity (Wildman–Crippen MR) is 268 cm³/mol. The number of carbonyl (C=O) groups excluding carboxylic acids is 6. The Morgan fingerprint density at radius 1 is 0.464 bits per heavy atom. The zero-order chi connectivity index (χ0) is 49.4. The van der Waals surface area contributed by atoms with Crippen LogP contribution in [-0.2, 0) is 28.8 Å². The number of rotatable bonds is 12. The number of guanidine groups is 1. The van der Waals surface area contributed by atoms with Crippen molar-refractivity contribution >= 4 is 75.5 Å². The van der Waals surface area contributed by atoms with Crippen LogP contribution in [0, 0.1) is 24.7 Å². The Kier molecular flexibility index (Phi) is 15.6. The first kappa shape index (κ1) is 49.1. The van der Waals surface area contributed by atoms with E-state index < -0.39 is 17.8 Å². The van der Waals surface area contributed by atoms with Gasteiger partial charge in [0.1, 0.15) is 23.5 Å². The summed E-state index contributed by atoms with van der Waals surface area (Å²) in [4.78, 5) is 83.3. The second-order valence-electron chi connectivity index (χ2n) is 17.5. The number of para-hydroxylation sites is 3. The second kappa shape index (κ2) is 21.9. The minimum absolute atomic E-state index is 0.116. The summed E-state index contributed by atoms with van der Waals surface area (Å²) in [5.74, 6) is -2.30. The molecule has 2 atom stereocenters. The van der Waals surface area contributed by atoms with Crippen LogP contribution >= 0.6 is 0 Å². The molecule has 1 N–H and O–H groups in total. The molecule has 6 amide bonds. The Labute approximate surface area is 403 Å². The summed E-state index contributed by atoms with van der Waals surface area (Å²) in [5.41, 5.74) is 5.08. The van der Waals surface area contributed by atoms with Gasteiger partial charge < -0.3 is 10.0 Å². The quantitative estimate of drug-likeness (QED) is 0.121. The van der Waals surface area contributed by atoms with E-state index in [-0.39, 0.29) is 41.2 Å². The highest BCUT2D eigenvalue weighted by Crippen LogP contribution is 2.41. The molecule has 2 unspecified atom stereocenters. The zero-order valence-corrected chi connectivity index (χ0v) is 40.1. The lowest BCUT2D eigenvalue weighted by atomic mass is 10.0. The molecule has 5 aromatic rings. The third kappa shape index (κ3) is 10.1. The van der Waals surface area contributed by atoms with Crippen LogP contribution < -0.4 is 25.0 Å². The van der Waals surface area contributed by atoms with Crippen molar-refractivity contribution in [1.82, 2.24) is 9.91 Å². The highest BCUT2D eigenvalue weighted by molar-refractivity contribution is 6.24. The molecule has 4 aliphatic heterocycles. The molecular weight excluding hydrogens is 873 g/mol. The van der Waals surface area contributed by atoms with Gasteiger partial charge in [-0.1, -0.05) is 114 Å². The third-order valence-electron chi connectivity index (χ3n) is 12.2. The molecule has 9 rings (SSSR count). The lowest BCUT2D eigenvalue weighted by Crippen LogP contribution is -2.52. The smallest absolute Gasteiger partial charge is 0.261 e. The second-order valence-corrected chi connectivity index (χ2v) is 17.5. The molecular formula is C54H60N8O7. The van der Waals surface area contributed by atoms with Gasteiger partial charge in [0.05, 0.1) is 34.1 Å². The molecule has 0 aliphatic carbocycles. The Balaban J connectivity index is 0.000000153. The fourth-order valence-corrected chi connectivity index (χ4v) is 8.67. The van der Waals surface area contributed by atoms with Gasteiger partial charge in [0, 0.05) is 14.1 Å². The van der Waals surface area contributed by atoms with Gasteiger partial charge in [0.15, 0.2) is 0 Å². The number of hydrogen-bond acceptors (Lipinski definition) is 9. The molecule has 0 radical (unpaired) electrons. The van der Waals surface area contributed by atoms with Crippen LogP contribution in [0.25, 0.3) is 0 Å². The summed E-state index contributed by atoms with van der Waals surface area (Å²) in [6.07, 6.45) is 6.09. The molecule has 4 heterocycles. The number of aryl methyl sites for hydroxylation is 1. The van der Waals surface area contributed by atoms with Crippen molar-refractivity contribution in [2.45, 2.75) is 79.1 Å². The van der Waals surface area contributed by atoms with Crippen LogP contribution in [-0.4, -0.2) is 70.5 Å². The number of fused-ring (bicyclic) bond motifs is 3. The number of anilines is 5. The van der Waals surface area contributed by atoms with Crippen molar-refractivity contribution in [1.29, 1.82) is 0 Å². The molecule has 15 nitrogen and oxygen atoms in total. The number of amides is 6. The minimum Gasteiger partial charge on any atom is -0.508 e. The van der Waals surface area contributed by atoms with Gasteiger partial charge >= 0.3 is 0 Å². The highest BCUT2D eigenvalue weighted by Gasteiger charge is 2.51. The number of unbranched alkanes of at least 4 members (excludes halogenated alkanes) is 2. The molecule has 3 saturated heterocycles. The van der Waals surface area contributed by atoms with Gasteiger partial charge in [-0.3, -0.25) is 28.8 Å². The summed E-state index contributed by atoms with van der Waals surface area (Å²) in [6.45, 7) is 8.04. The third-order valence-corrected chi connectivity index (χ3v) is 12.2.